The summed E-state index contributed by atoms with van der Waals surface area (Å²) in [5.74, 6) is 0. The Labute approximate surface area is 114 Å². The minimum Gasteiger partial charge on any atom is -0.398 e. The van der Waals surface area contributed by atoms with Crippen molar-refractivity contribution in [1.29, 1.82) is 0 Å². The lowest BCUT2D eigenvalue weighted by Gasteiger charge is -2.29. The molecule has 3 heteroatoms. The molecule has 0 aromatic heterocycles. The van der Waals surface area contributed by atoms with Gasteiger partial charge in [-0.15, -0.1) is 0 Å². The van der Waals surface area contributed by atoms with Gasteiger partial charge in [-0.2, -0.15) is 0 Å². The van der Waals surface area contributed by atoms with Gasteiger partial charge < -0.3 is 16.2 Å². The summed E-state index contributed by atoms with van der Waals surface area (Å²) in [6, 6.07) is 17.7. The molecule has 0 amide bonds. The minimum absolute atomic E-state index is 0.0315. The van der Waals surface area contributed by atoms with Gasteiger partial charge in [0.1, 0.15) is 0 Å². The van der Waals surface area contributed by atoms with Gasteiger partial charge in [-0.1, -0.05) is 48.5 Å². The molecule has 0 saturated heterocycles. The Morgan fingerprint density at radius 1 is 1.05 bits per heavy atom. The smallest absolute Gasteiger partial charge is 0.0652 e. The first-order valence-corrected chi connectivity index (χ1v) is 6.40. The van der Waals surface area contributed by atoms with Crippen LogP contribution in [0.25, 0.3) is 0 Å². The van der Waals surface area contributed by atoms with Crippen molar-refractivity contribution in [3.05, 3.63) is 65.7 Å². The molecule has 2 rings (SSSR count). The topological polar surface area (TPSA) is 58.3 Å². The van der Waals surface area contributed by atoms with Crippen LogP contribution in [-0.4, -0.2) is 11.7 Å². The quantitative estimate of drug-likeness (QED) is 0.719. The Kier molecular flexibility index (Phi) is 4.20. The van der Waals surface area contributed by atoms with E-state index < -0.39 is 5.54 Å². The maximum atomic E-state index is 9.69. The first kappa shape index (κ1) is 13.6. The summed E-state index contributed by atoms with van der Waals surface area (Å²) < 4.78 is 0. The fourth-order valence-corrected chi connectivity index (χ4v) is 2.04. The van der Waals surface area contributed by atoms with Gasteiger partial charge in [0.25, 0.3) is 0 Å². The van der Waals surface area contributed by atoms with E-state index in [0.29, 0.717) is 6.54 Å². The molecule has 0 spiro atoms. The van der Waals surface area contributed by atoms with Crippen LogP contribution in [0.1, 0.15) is 18.1 Å². The number of hydrogen-bond acceptors (Lipinski definition) is 3. The Bertz CT molecular complexity index is 527. The van der Waals surface area contributed by atoms with E-state index >= 15 is 0 Å². The van der Waals surface area contributed by atoms with E-state index in [-0.39, 0.29) is 6.61 Å². The molecule has 3 nitrogen and oxygen atoms in total. The zero-order chi connectivity index (χ0) is 13.7. The fourth-order valence-electron chi connectivity index (χ4n) is 2.04. The monoisotopic (exact) mass is 256 g/mol. The third-order valence-corrected chi connectivity index (χ3v) is 3.45. The Balaban J connectivity index is 2.14. The molecule has 0 aliphatic carbocycles. The Hall–Kier alpha value is -1.84. The van der Waals surface area contributed by atoms with E-state index in [0.717, 1.165) is 16.8 Å². The van der Waals surface area contributed by atoms with E-state index in [9.17, 15) is 5.11 Å². The highest BCUT2D eigenvalue weighted by Crippen LogP contribution is 2.21. The lowest BCUT2D eigenvalue weighted by molar-refractivity contribution is 0.173. The van der Waals surface area contributed by atoms with Crippen molar-refractivity contribution >= 4 is 5.69 Å². The zero-order valence-electron chi connectivity index (χ0n) is 11.1. The molecular weight excluding hydrogens is 236 g/mol. The maximum Gasteiger partial charge on any atom is 0.0652 e. The van der Waals surface area contributed by atoms with Gasteiger partial charge in [0.15, 0.2) is 0 Å². The van der Waals surface area contributed by atoms with Crippen LogP contribution in [0.2, 0.25) is 0 Å². The number of hydrogen-bond donors (Lipinski definition) is 3. The van der Waals surface area contributed by atoms with Gasteiger partial charge in [-0.05, 0) is 24.1 Å². The van der Waals surface area contributed by atoms with Gasteiger partial charge in [0.05, 0.1) is 12.1 Å². The van der Waals surface area contributed by atoms with Gasteiger partial charge in [-0.25, -0.2) is 0 Å². The molecule has 0 fully saturated rings. The van der Waals surface area contributed by atoms with Crippen LogP contribution >= 0.6 is 0 Å². The molecule has 0 heterocycles. The number of para-hydroxylation sites is 1. The third-order valence-electron chi connectivity index (χ3n) is 3.45. The van der Waals surface area contributed by atoms with Crippen molar-refractivity contribution in [3.8, 4) is 0 Å². The highest BCUT2D eigenvalue weighted by Gasteiger charge is 2.24. The van der Waals surface area contributed by atoms with Crippen molar-refractivity contribution in [3.63, 3.8) is 0 Å². The summed E-state index contributed by atoms with van der Waals surface area (Å²) in [4.78, 5) is 0. The largest absolute Gasteiger partial charge is 0.398 e. The summed E-state index contributed by atoms with van der Waals surface area (Å²) in [6.07, 6.45) is 0. The van der Waals surface area contributed by atoms with E-state index in [4.69, 9.17) is 5.73 Å². The average Bonchev–Trinajstić information content (AvgIpc) is 2.47. The van der Waals surface area contributed by atoms with E-state index in [1.54, 1.807) is 0 Å². The molecule has 19 heavy (non-hydrogen) atoms. The number of nitrogens with one attached hydrogen (secondary N) is 1. The van der Waals surface area contributed by atoms with Crippen LogP contribution in [0.4, 0.5) is 5.69 Å². The standard InChI is InChI=1S/C16H20N2O/c1-16(12-19,14-8-3-2-4-9-14)18-11-13-7-5-6-10-15(13)17/h2-10,18-19H,11-12,17H2,1H3. The second kappa shape index (κ2) is 5.87. The molecule has 100 valence electrons. The zero-order valence-corrected chi connectivity index (χ0v) is 11.1. The predicted octanol–water partition coefficient (Wildman–Crippen LogP) is 2.27. The average molecular weight is 256 g/mol. The Morgan fingerprint density at radius 2 is 1.68 bits per heavy atom. The minimum atomic E-state index is -0.469. The number of nitrogens with two attached hydrogens (primary N) is 1. The van der Waals surface area contributed by atoms with Crippen molar-refractivity contribution < 1.29 is 5.11 Å². The molecule has 0 aliphatic heterocycles. The Morgan fingerprint density at radius 3 is 2.32 bits per heavy atom. The lowest BCUT2D eigenvalue weighted by Crippen LogP contribution is -2.42. The second-order valence-corrected chi connectivity index (χ2v) is 4.91. The summed E-state index contributed by atoms with van der Waals surface area (Å²) in [5, 5.41) is 13.1. The highest BCUT2D eigenvalue weighted by atomic mass is 16.3. The summed E-state index contributed by atoms with van der Waals surface area (Å²) in [5.41, 5.74) is 8.33. The molecular formula is C16H20N2O. The predicted molar refractivity (Wildman–Crippen MR) is 78.6 cm³/mol. The first-order valence-electron chi connectivity index (χ1n) is 6.40. The number of rotatable bonds is 5. The normalized spacial score (nSPS) is 14.0. The van der Waals surface area contributed by atoms with E-state index in [1.165, 1.54) is 0 Å². The third kappa shape index (κ3) is 3.13. The number of aliphatic hydroxyl groups excluding tert-OH is 1. The van der Waals surface area contributed by atoms with Crippen LogP contribution in [0.15, 0.2) is 54.6 Å². The molecule has 2 aromatic rings. The molecule has 0 aliphatic rings. The number of benzene rings is 2. The molecule has 2 aromatic carbocycles. The molecule has 0 radical (unpaired) electrons. The molecule has 1 atom stereocenters. The summed E-state index contributed by atoms with van der Waals surface area (Å²) in [7, 11) is 0. The van der Waals surface area contributed by atoms with Gasteiger partial charge in [0.2, 0.25) is 0 Å². The maximum absolute atomic E-state index is 9.69. The number of anilines is 1. The van der Waals surface area contributed by atoms with Crippen LogP contribution in [0, 0.1) is 0 Å². The van der Waals surface area contributed by atoms with Gasteiger partial charge >= 0.3 is 0 Å². The van der Waals surface area contributed by atoms with Crippen LogP contribution in [0.3, 0.4) is 0 Å². The molecule has 0 saturated carbocycles. The highest BCUT2D eigenvalue weighted by molar-refractivity contribution is 5.46. The molecule has 0 bridgehead atoms. The number of aliphatic hydroxyl groups is 1. The van der Waals surface area contributed by atoms with Gasteiger partial charge in [0, 0.05) is 12.2 Å². The van der Waals surface area contributed by atoms with Crippen molar-refractivity contribution in [2.75, 3.05) is 12.3 Å². The first-order chi connectivity index (χ1) is 9.15. The van der Waals surface area contributed by atoms with Crippen molar-refractivity contribution in [2.24, 2.45) is 0 Å². The van der Waals surface area contributed by atoms with Crippen LogP contribution < -0.4 is 11.1 Å². The van der Waals surface area contributed by atoms with E-state index in [2.05, 4.69) is 5.32 Å². The second-order valence-electron chi connectivity index (χ2n) is 4.91. The van der Waals surface area contributed by atoms with Gasteiger partial charge in [-0.3, -0.25) is 0 Å². The number of nitrogen functional groups attached to an aromatic ring is 1. The van der Waals surface area contributed by atoms with Crippen LogP contribution in [-0.2, 0) is 12.1 Å². The lowest BCUT2D eigenvalue weighted by atomic mass is 9.92. The summed E-state index contributed by atoms with van der Waals surface area (Å²) >= 11 is 0. The SMILES string of the molecule is CC(CO)(NCc1ccccc1N)c1ccccc1. The van der Waals surface area contributed by atoms with Crippen molar-refractivity contribution in [2.45, 2.75) is 19.0 Å². The molecule has 1 unspecified atom stereocenters. The molecule has 4 N–H and O–H groups in total. The van der Waals surface area contributed by atoms with Crippen molar-refractivity contribution in [1.82, 2.24) is 5.32 Å². The summed E-state index contributed by atoms with van der Waals surface area (Å²) in [6.45, 7) is 2.64. The van der Waals surface area contributed by atoms with E-state index in [1.807, 2.05) is 61.5 Å². The fraction of sp³-hybridized carbons (Fsp3) is 0.250. The van der Waals surface area contributed by atoms with Crippen LogP contribution in [0.5, 0.6) is 0 Å².